The lowest BCUT2D eigenvalue weighted by atomic mass is 10.2. The zero-order valence-electron chi connectivity index (χ0n) is 10.6. The summed E-state index contributed by atoms with van der Waals surface area (Å²) in [7, 11) is -3.86. The summed E-state index contributed by atoms with van der Waals surface area (Å²) < 4.78 is 32.6. The second-order valence-corrected chi connectivity index (χ2v) is 6.60. The van der Waals surface area contributed by atoms with Crippen LogP contribution in [0.3, 0.4) is 0 Å². The number of hydrogen-bond donors (Lipinski definition) is 1. The van der Waals surface area contributed by atoms with Gasteiger partial charge in [0.05, 0.1) is 11.3 Å². The standard InChI is InChI=1S/C12H10BrN3O3S/c1-7-12(8(2)19-15-7)20(17,18)16-11-5-10(13)4-3-9(11)6-14/h3-5,16H,1-2H3. The predicted molar refractivity (Wildman–Crippen MR) is 75.6 cm³/mol. The number of benzene rings is 1. The lowest BCUT2D eigenvalue weighted by Gasteiger charge is -2.09. The van der Waals surface area contributed by atoms with Crippen LogP contribution in [0.25, 0.3) is 0 Å². The van der Waals surface area contributed by atoms with Crippen LogP contribution in [-0.4, -0.2) is 13.6 Å². The lowest BCUT2D eigenvalue weighted by molar-refractivity contribution is 0.390. The Morgan fingerprint density at radius 2 is 2.10 bits per heavy atom. The van der Waals surface area contributed by atoms with E-state index in [2.05, 4.69) is 25.8 Å². The fraction of sp³-hybridized carbons (Fsp3) is 0.167. The van der Waals surface area contributed by atoms with Crippen LogP contribution in [0.15, 0.2) is 32.1 Å². The molecule has 1 N–H and O–H groups in total. The number of halogens is 1. The van der Waals surface area contributed by atoms with Crippen molar-refractivity contribution in [2.75, 3.05) is 4.72 Å². The number of rotatable bonds is 3. The van der Waals surface area contributed by atoms with Crippen molar-refractivity contribution in [3.63, 3.8) is 0 Å². The highest BCUT2D eigenvalue weighted by molar-refractivity contribution is 9.10. The number of anilines is 1. The Balaban J connectivity index is 2.50. The van der Waals surface area contributed by atoms with E-state index in [1.807, 2.05) is 6.07 Å². The molecule has 20 heavy (non-hydrogen) atoms. The van der Waals surface area contributed by atoms with Gasteiger partial charge in [-0.25, -0.2) is 8.42 Å². The van der Waals surface area contributed by atoms with Crippen molar-refractivity contribution < 1.29 is 12.9 Å². The quantitative estimate of drug-likeness (QED) is 0.912. The normalized spacial score (nSPS) is 11.1. The Labute approximate surface area is 124 Å². The van der Waals surface area contributed by atoms with Gasteiger partial charge in [-0.05, 0) is 32.0 Å². The minimum Gasteiger partial charge on any atom is -0.360 e. The second-order valence-electron chi connectivity index (χ2n) is 4.06. The molecule has 0 saturated carbocycles. The average molecular weight is 356 g/mol. The van der Waals surface area contributed by atoms with E-state index in [1.54, 1.807) is 6.07 Å². The Bertz CT molecular complexity index is 786. The van der Waals surface area contributed by atoms with Crippen molar-refractivity contribution in [2.24, 2.45) is 0 Å². The molecule has 8 heteroatoms. The molecule has 0 bridgehead atoms. The molecule has 0 saturated heterocycles. The Morgan fingerprint density at radius 3 is 2.65 bits per heavy atom. The molecular formula is C12H10BrN3O3S. The van der Waals surface area contributed by atoms with Gasteiger partial charge < -0.3 is 4.52 Å². The molecule has 1 heterocycles. The van der Waals surface area contributed by atoms with Gasteiger partial charge in [0, 0.05) is 4.47 Å². The van der Waals surface area contributed by atoms with Crippen molar-refractivity contribution in [1.29, 1.82) is 5.26 Å². The molecule has 0 radical (unpaired) electrons. The molecule has 0 spiro atoms. The highest BCUT2D eigenvalue weighted by Crippen LogP contribution is 2.26. The number of hydrogen-bond acceptors (Lipinski definition) is 5. The second kappa shape index (κ2) is 5.26. The van der Waals surface area contributed by atoms with Crippen LogP contribution in [0.4, 0.5) is 5.69 Å². The van der Waals surface area contributed by atoms with Crippen molar-refractivity contribution in [1.82, 2.24) is 5.16 Å². The molecule has 0 aliphatic heterocycles. The maximum Gasteiger partial charge on any atom is 0.267 e. The summed E-state index contributed by atoms with van der Waals surface area (Å²) in [5.74, 6) is 0.198. The smallest absolute Gasteiger partial charge is 0.267 e. The molecule has 104 valence electrons. The molecule has 0 atom stereocenters. The minimum atomic E-state index is -3.86. The van der Waals surface area contributed by atoms with Gasteiger partial charge in [0.25, 0.3) is 10.0 Å². The SMILES string of the molecule is Cc1noc(C)c1S(=O)(=O)Nc1cc(Br)ccc1C#N. The van der Waals surface area contributed by atoms with Gasteiger partial charge in [0.2, 0.25) is 0 Å². The van der Waals surface area contributed by atoms with E-state index in [0.717, 1.165) is 0 Å². The number of aryl methyl sites for hydroxylation is 2. The maximum atomic E-state index is 12.3. The largest absolute Gasteiger partial charge is 0.360 e. The van der Waals surface area contributed by atoms with Gasteiger partial charge in [-0.2, -0.15) is 5.26 Å². The van der Waals surface area contributed by atoms with Crippen LogP contribution in [0.2, 0.25) is 0 Å². The van der Waals surface area contributed by atoms with Crippen LogP contribution in [0.5, 0.6) is 0 Å². The summed E-state index contributed by atoms with van der Waals surface area (Å²) in [4.78, 5) is -0.0126. The first kappa shape index (κ1) is 14.6. The summed E-state index contributed by atoms with van der Waals surface area (Å²) in [6.45, 7) is 3.05. The lowest BCUT2D eigenvalue weighted by Crippen LogP contribution is -2.15. The molecule has 0 unspecified atom stereocenters. The van der Waals surface area contributed by atoms with Gasteiger partial charge >= 0.3 is 0 Å². The van der Waals surface area contributed by atoms with E-state index in [-0.39, 0.29) is 27.6 Å². The Morgan fingerprint density at radius 1 is 1.40 bits per heavy atom. The van der Waals surface area contributed by atoms with E-state index in [0.29, 0.717) is 4.47 Å². The molecule has 1 aromatic heterocycles. The number of nitrogens with one attached hydrogen (secondary N) is 1. The van der Waals surface area contributed by atoms with Gasteiger partial charge in [-0.1, -0.05) is 21.1 Å². The van der Waals surface area contributed by atoms with Crippen LogP contribution < -0.4 is 4.72 Å². The van der Waals surface area contributed by atoms with Gasteiger partial charge in [0.1, 0.15) is 11.8 Å². The predicted octanol–water partition coefficient (Wildman–Crippen LogP) is 2.73. The highest BCUT2D eigenvalue weighted by Gasteiger charge is 2.25. The number of sulfonamides is 1. The van der Waals surface area contributed by atoms with E-state index >= 15 is 0 Å². The van der Waals surface area contributed by atoms with Crippen molar-refractivity contribution in [3.8, 4) is 6.07 Å². The third kappa shape index (κ3) is 2.69. The molecule has 0 amide bonds. The van der Waals surface area contributed by atoms with Crippen molar-refractivity contribution in [3.05, 3.63) is 39.7 Å². The zero-order chi connectivity index (χ0) is 14.9. The van der Waals surface area contributed by atoms with Gasteiger partial charge in [-0.3, -0.25) is 4.72 Å². The molecule has 6 nitrogen and oxygen atoms in total. The first-order chi connectivity index (χ1) is 9.35. The topological polar surface area (TPSA) is 96.0 Å². The molecule has 2 aromatic rings. The summed E-state index contributed by atoms with van der Waals surface area (Å²) >= 11 is 3.24. The van der Waals surface area contributed by atoms with Crippen molar-refractivity contribution in [2.45, 2.75) is 18.7 Å². The van der Waals surface area contributed by atoms with E-state index in [4.69, 9.17) is 9.78 Å². The molecule has 0 aliphatic rings. The van der Waals surface area contributed by atoms with Crippen LogP contribution >= 0.6 is 15.9 Å². The Hall–Kier alpha value is -1.85. The summed E-state index contributed by atoms with van der Waals surface area (Å²) in [6.07, 6.45) is 0. The Kier molecular flexibility index (Phi) is 3.83. The first-order valence-corrected chi connectivity index (χ1v) is 7.78. The number of aromatic nitrogens is 1. The van der Waals surface area contributed by atoms with Gasteiger partial charge in [0.15, 0.2) is 10.7 Å². The number of nitrogens with zero attached hydrogens (tertiary/aromatic N) is 2. The third-order valence-electron chi connectivity index (χ3n) is 2.58. The zero-order valence-corrected chi connectivity index (χ0v) is 13.0. The van der Waals surface area contributed by atoms with Gasteiger partial charge in [-0.15, -0.1) is 0 Å². The van der Waals surface area contributed by atoms with Crippen molar-refractivity contribution >= 4 is 31.6 Å². The summed E-state index contributed by atoms with van der Waals surface area (Å²) in [5.41, 5.74) is 0.689. The summed E-state index contributed by atoms with van der Waals surface area (Å²) in [5, 5.41) is 12.6. The fourth-order valence-corrected chi connectivity index (χ4v) is 3.52. The van der Waals surface area contributed by atoms with E-state index in [1.165, 1.54) is 26.0 Å². The first-order valence-electron chi connectivity index (χ1n) is 5.50. The fourth-order valence-electron chi connectivity index (χ4n) is 1.75. The van der Waals surface area contributed by atoms with E-state index < -0.39 is 10.0 Å². The molecule has 2 rings (SSSR count). The van der Waals surface area contributed by atoms with E-state index in [9.17, 15) is 8.42 Å². The molecule has 0 fully saturated rings. The maximum absolute atomic E-state index is 12.3. The third-order valence-corrected chi connectivity index (χ3v) is 4.69. The molecule has 0 aliphatic carbocycles. The molecular weight excluding hydrogens is 346 g/mol. The minimum absolute atomic E-state index is 0.0126. The van der Waals surface area contributed by atoms with Crippen LogP contribution in [0.1, 0.15) is 17.0 Å². The number of nitriles is 1. The summed E-state index contributed by atoms with van der Waals surface area (Å²) in [6, 6.07) is 6.64. The van der Waals surface area contributed by atoms with Crippen LogP contribution in [-0.2, 0) is 10.0 Å². The monoisotopic (exact) mass is 355 g/mol. The highest BCUT2D eigenvalue weighted by atomic mass is 79.9. The average Bonchev–Trinajstić information content (AvgIpc) is 2.69. The van der Waals surface area contributed by atoms with Crippen LogP contribution in [0, 0.1) is 25.2 Å². The molecule has 1 aromatic carbocycles.